The number of hydrogen-bond acceptors (Lipinski definition) is 5. The largest absolute Gasteiger partial charge is 0.493 e. The predicted molar refractivity (Wildman–Crippen MR) is 95.0 cm³/mol. The summed E-state index contributed by atoms with van der Waals surface area (Å²) in [6.45, 7) is 6.39. The van der Waals surface area contributed by atoms with Crippen LogP contribution in [0.3, 0.4) is 0 Å². The van der Waals surface area contributed by atoms with Gasteiger partial charge in [-0.1, -0.05) is 26.0 Å². The lowest BCUT2D eigenvalue weighted by Crippen LogP contribution is -2.15. The van der Waals surface area contributed by atoms with Gasteiger partial charge in [0.1, 0.15) is 5.75 Å². The van der Waals surface area contributed by atoms with Crippen molar-refractivity contribution in [2.45, 2.75) is 33.2 Å². The van der Waals surface area contributed by atoms with E-state index in [2.05, 4.69) is 13.8 Å². The van der Waals surface area contributed by atoms with E-state index in [-0.39, 0.29) is 0 Å². The summed E-state index contributed by atoms with van der Waals surface area (Å²) in [7, 11) is 1.60. The lowest BCUT2D eigenvalue weighted by Gasteiger charge is -2.27. The molecule has 0 bridgehead atoms. The molecular formula is C20H24O5. The summed E-state index contributed by atoms with van der Waals surface area (Å²) in [6.07, 6.45) is -1.70. The van der Waals surface area contributed by atoms with Crippen LogP contribution in [0.1, 0.15) is 44.3 Å². The van der Waals surface area contributed by atoms with E-state index in [9.17, 15) is 10.2 Å². The molecule has 0 spiro atoms. The van der Waals surface area contributed by atoms with Crippen LogP contribution in [0, 0.1) is 5.92 Å². The van der Waals surface area contributed by atoms with Gasteiger partial charge in [-0.25, -0.2) is 0 Å². The van der Waals surface area contributed by atoms with Crippen molar-refractivity contribution >= 4 is 0 Å². The van der Waals surface area contributed by atoms with Crippen molar-refractivity contribution in [3.63, 3.8) is 0 Å². The first kappa shape index (κ1) is 17.6. The highest BCUT2D eigenvalue weighted by Gasteiger charge is 2.27. The first-order valence-corrected chi connectivity index (χ1v) is 8.42. The van der Waals surface area contributed by atoms with Crippen molar-refractivity contribution in [2.24, 2.45) is 5.92 Å². The third kappa shape index (κ3) is 3.43. The van der Waals surface area contributed by atoms with Crippen molar-refractivity contribution in [3.8, 4) is 28.4 Å². The molecule has 2 N–H and O–H groups in total. The maximum Gasteiger partial charge on any atom is 0.224 e. The van der Waals surface area contributed by atoms with Crippen molar-refractivity contribution < 1.29 is 24.4 Å². The van der Waals surface area contributed by atoms with Crippen molar-refractivity contribution in [1.82, 2.24) is 0 Å². The van der Waals surface area contributed by atoms with Gasteiger partial charge in [0.05, 0.1) is 19.8 Å². The Morgan fingerprint density at radius 2 is 1.84 bits per heavy atom. The molecule has 0 fully saturated rings. The molecule has 0 amide bonds. The zero-order chi connectivity index (χ0) is 18.1. The minimum Gasteiger partial charge on any atom is -0.493 e. The number of ether oxygens (including phenoxy) is 3. The van der Waals surface area contributed by atoms with E-state index < -0.39 is 12.4 Å². The van der Waals surface area contributed by atoms with Gasteiger partial charge < -0.3 is 24.4 Å². The Kier molecular flexibility index (Phi) is 4.88. The summed E-state index contributed by atoms with van der Waals surface area (Å²) in [5.74, 6) is 2.13. The summed E-state index contributed by atoms with van der Waals surface area (Å²) in [6, 6.07) is 9.11. The highest BCUT2D eigenvalue weighted by molar-refractivity contribution is 5.78. The molecule has 2 aromatic carbocycles. The Hall–Kier alpha value is -2.24. The molecule has 5 heteroatoms. The van der Waals surface area contributed by atoms with Crippen LogP contribution in [-0.2, 0) is 0 Å². The standard InChI is InChI=1S/C20H24O5/c1-11(2)10-24-19-9-17-15(8-18(19)23-4)14-6-5-13(12(3)21)7-16(14)20(22)25-17/h5-9,11-12,20-22H,10H2,1-4H3. The van der Waals surface area contributed by atoms with Gasteiger partial charge in [0.15, 0.2) is 11.5 Å². The highest BCUT2D eigenvalue weighted by Crippen LogP contribution is 2.47. The normalized spacial score (nSPS) is 16.7. The minimum atomic E-state index is -1.09. The molecular weight excluding hydrogens is 320 g/mol. The zero-order valence-corrected chi connectivity index (χ0v) is 14.9. The molecule has 5 nitrogen and oxygen atoms in total. The van der Waals surface area contributed by atoms with Crippen molar-refractivity contribution in [3.05, 3.63) is 41.5 Å². The van der Waals surface area contributed by atoms with Gasteiger partial charge in [-0.3, -0.25) is 0 Å². The molecule has 1 aliphatic rings. The molecule has 0 saturated heterocycles. The van der Waals surface area contributed by atoms with E-state index in [4.69, 9.17) is 14.2 Å². The van der Waals surface area contributed by atoms with Gasteiger partial charge in [-0.2, -0.15) is 0 Å². The molecule has 0 saturated carbocycles. The van der Waals surface area contributed by atoms with Crippen LogP contribution < -0.4 is 14.2 Å². The molecule has 2 aromatic rings. The lowest BCUT2D eigenvalue weighted by atomic mass is 9.93. The van der Waals surface area contributed by atoms with Crippen LogP contribution in [0.2, 0.25) is 0 Å². The zero-order valence-electron chi connectivity index (χ0n) is 14.9. The SMILES string of the molecule is COc1cc2c(cc1OCC(C)C)OC(O)c1cc(C(C)O)ccc1-2. The van der Waals surface area contributed by atoms with E-state index in [1.165, 1.54) is 0 Å². The van der Waals surface area contributed by atoms with E-state index >= 15 is 0 Å². The first-order valence-electron chi connectivity index (χ1n) is 8.42. The molecule has 2 atom stereocenters. The molecule has 3 rings (SSSR count). The maximum atomic E-state index is 10.4. The Morgan fingerprint density at radius 3 is 2.48 bits per heavy atom. The molecule has 134 valence electrons. The summed E-state index contributed by atoms with van der Waals surface area (Å²) in [4.78, 5) is 0. The topological polar surface area (TPSA) is 68.2 Å². The number of fused-ring (bicyclic) bond motifs is 3. The summed E-state index contributed by atoms with van der Waals surface area (Å²) < 4.78 is 17.0. The number of aliphatic hydroxyl groups excluding tert-OH is 2. The van der Waals surface area contributed by atoms with Gasteiger partial charge in [0.25, 0.3) is 0 Å². The maximum absolute atomic E-state index is 10.4. The van der Waals surface area contributed by atoms with Crippen LogP contribution in [0.25, 0.3) is 11.1 Å². The molecule has 0 radical (unpaired) electrons. The summed E-state index contributed by atoms with van der Waals surface area (Å²) in [5, 5.41) is 20.1. The van der Waals surface area contributed by atoms with Crippen LogP contribution in [-0.4, -0.2) is 23.9 Å². The lowest BCUT2D eigenvalue weighted by molar-refractivity contribution is -0.0216. The highest BCUT2D eigenvalue weighted by atomic mass is 16.6. The second-order valence-electron chi connectivity index (χ2n) is 6.70. The van der Waals surface area contributed by atoms with Crippen LogP contribution in [0.4, 0.5) is 0 Å². The number of rotatable bonds is 5. The smallest absolute Gasteiger partial charge is 0.224 e. The van der Waals surface area contributed by atoms with Crippen LogP contribution in [0.15, 0.2) is 30.3 Å². The Bertz CT molecular complexity index is 767. The fourth-order valence-electron chi connectivity index (χ4n) is 2.85. The van der Waals surface area contributed by atoms with Gasteiger partial charge in [-0.15, -0.1) is 0 Å². The van der Waals surface area contributed by atoms with Gasteiger partial charge in [0, 0.05) is 17.2 Å². The average Bonchev–Trinajstić information content (AvgIpc) is 2.59. The van der Waals surface area contributed by atoms with E-state index in [1.54, 1.807) is 26.2 Å². The molecule has 0 aliphatic carbocycles. The number of benzene rings is 2. The van der Waals surface area contributed by atoms with Crippen molar-refractivity contribution in [2.75, 3.05) is 13.7 Å². The molecule has 0 aromatic heterocycles. The predicted octanol–water partition coefficient (Wildman–Crippen LogP) is 3.83. The quantitative estimate of drug-likeness (QED) is 0.863. The van der Waals surface area contributed by atoms with Gasteiger partial charge >= 0.3 is 0 Å². The molecule has 1 aliphatic heterocycles. The van der Waals surface area contributed by atoms with E-state index in [0.29, 0.717) is 35.3 Å². The second kappa shape index (κ2) is 6.94. The molecule has 1 heterocycles. The second-order valence-corrected chi connectivity index (χ2v) is 6.70. The number of methoxy groups -OCH3 is 1. The number of aliphatic hydroxyl groups is 2. The van der Waals surface area contributed by atoms with Crippen LogP contribution >= 0.6 is 0 Å². The fraction of sp³-hybridized carbons (Fsp3) is 0.400. The fourth-order valence-corrected chi connectivity index (χ4v) is 2.85. The minimum absolute atomic E-state index is 0.381. The summed E-state index contributed by atoms with van der Waals surface area (Å²) in [5.41, 5.74) is 3.04. The van der Waals surface area contributed by atoms with E-state index in [1.807, 2.05) is 18.2 Å². The number of hydrogen-bond donors (Lipinski definition) is 2. The Morgan fingerprint density at radius 1 is 1.08 bits per heavy atom. The average molecular weight is 344 g/mol. The Balaban J connectivity index is 2.06. The third-order valence-corrected chi connectivity index (χ3v) is 4.19. The summed E-state index contributed by atoms with van der Waals surface area (Å²) >= 11 is 0. The monoisotopic (exact) mass is 344 g/mol. The molecule has 25 heavy (non-hydrogen) atoms. The Labute approximate surface area is 147 Å². The van der Waals surface area contributed by atoms with Crippen molar-refractivity contribution in [1.29, 1.82) is 0 Å². The third-order valence-electron chi connectivity index (χ3n) is 4.19. The van der Waals surface area contributed by atoms with E-state index in [0.717, 1.165) is 16.7 Å². The van der Waals surface area contributed by atoms with Gasteiger partial charge in [-0.05, 0) is 36.1 Å². The van der Waals surface area contributed by atoms with Gasteiger partial charge in [0.2, 0.25) is 6.29 Å². The van der Waals surface area contributed by atoms with Crippen LogP contribution in [0.5, 0.6) is 17.2 Å². The molecule has 2 unspecified atom stereocenters. The first-order chi connectivity index (χ1) is 11.9.